The second-order valence-electron chi connectivity index (χ2n) is 13.0. The van der Waals surface area contributed by atoms with Crippen molar-refractivity contribution in [1.82, 2.24) is 19.7 Å². The molecule has 45 heavy (non-hydrogen) atoms. The maximum absolute atomic E-state index is 12.7. The number of fused-ring (bicyclic) bond motifs is 2. The molecule has 3 aromatic carbocycles. The summed E-state index contributed by atoms with van der Waals surface area (Å²) in [6.45, 7) is 12.4. The topological polar surface area (TPSA) is 89.7 Å². The van der Waals surface area contributed by atoms with Gasteiger partial charge in [0.2, 0.25) is 0 Å². The summed E-state index contributed by atoms with van der Waals surface area (Å²) < 4.78 is 14.4. The van der Waals surface area contributed by atoms with E-state index in [0.29, 0.717) is 29.2 Å². The lowest BCUT2D eigenvalue weighted by Crippen LogP contribution is -2.51. The lowest BCUT2D eigenvalue weighted by molar-refractivity contribution is -0.160. The molecule has 3 heterocycles. The molecule has 2 aromatic heterocycles. The van der Waals surface area contributed by atoms with Gasteiger partial charge in [0.05, 0.1) is 33.6 Å². The summed E-state index contributed by atoms with van der Waals surface area (Å²) in [5.74, 6) is -0.677. The number of nitrogens with zero attached hydrogens (tertiary/aromatic N) is 4. The molecule has 0 radical (unpaired) electrons. The number of aromatic nitrogens is 3. The molecule has 1 unspecified atom stereocenters. The fourth-order valence-corrected chi connectivity index (χ4v) is 7.53. The minimum Gasteiger partial charge on any atom is -0.479 e. The molecule has 0 aliphatic carbocycles. The van der Waals surface area contributed by atoms with Crippen molar-refractivity contribution in [2.24, 2.45) is 7.05 Å². The molecule has 1 aliphatic heterocycles. The van der Waals surface area contributed by atoms with Crippen molar-refractivity contribution in [3.8, 4) is 21.7 Å². The first-order valence-electron chi connectivity index (χ1n) is 15.1. The van der Waals surface area contributed by atoms with Crippen molar-refractivity contribution in [3.05, 3.63) is 70.4 Å². The van der Waals surface area contributed by atoms with Crippen LogP contribution in [0, 0.1) is 6.92 Å². The average Bonchev–Trinajstić information content (AvgIpc) is 3.51. The monoisotopic (exact) mass is 646 g/mol. The highest BCUT2D eigenvalue weighted by atomic mass is 35.5. The smallest absolute Gasteiger partial charge is 0.337 e. The molecule has 0 spiro atoms. The van der Waals surface area contributed by atoms with E-state index in [-0.39, 0.29) is 0 Å². The van der Waals surface area contributed by atoms with Crippen LogP contribution in [0.5, 0.6) is 0 Å². The number of carbonyl (C=O) groups is 1. The fraction of sp³-hybridized carbons (Fsp3) is 0.400. The number of halogens is 1. The number of hydrogen-bond acceptors (Lipinski definition) is 7. The number of hydrogen-bond donors (Lipinski definition) is 1. The third-order valence-corrected chi connectivity index (χ3v) is 9.86. The highest BCUT2D eigenvalue weighted by Gasteiger charge is 2.35. The molecular formula is C35H39ClN4O4S. The summed E-state index contributed by atoms with van der Waals surface area (Å²) in [5, 5.41) is 17.9. The van der Waals surface area contributed by atoms with E-state index in [1.807, 2.05) is 69.8 Å². The van der Waals surface area contributed by atoms with Crippen LogP contribution < -0.4 is 0 Å². The van der Waals surface area contributed by atoms with Crippen molar-refractivity contribution >= 4 is 50.0 Å². The third kappa shape index (κ3) is 6.12. The van der Waals surface area contributed by atoms with Crippen LogP contribution in [0.3, 0.4) is 0 Å². The number of rotatable bonds is 9. The molecule has 2 atom stereocenters. The molecule has 10 heteroatoms. The SMILES string of the molecule is COCC(C)N1CC(c2nn(C)c3ccc(-c4nc5cc(C)c([C@H](OC(C)(C)C)C(=O)O)c(-c6ccc(Cl)cc6)c5s4)cc23)C1. The molecule has 1 N–H and O–H groups in total. The Hall–Kier alpha value is -3.34. The molecule has 236 valence electrons. The second kappa shape index (κ2) is 12.1. The van der Waals surface area contributed by atoms with Gasteiger partial charge in [-0.1, -0.05) is 23.7 Å². The van der Waals surface area contributed by atoms with Gasteiger partial charge in [-0.2, -0.15) is 5.10 Å². The number of carboxylic acids is 1. The highest BCUT2D eigenvalue weighted by molar-refractivity contribution is 7.22. The Balaban J connectivity index is 1.47. The molecule has 1 aliphatic rings. The Kier molecular flexibility index (Phi) is 8.52. The number of benzene rings is 3. The fourth-order valence-electron chi connectivity index (χ4n) is 6.28. The van der Waals surface area contributed by atoms with E-state index in [1.54, 1.807) is 18.4 Å². The quantitative estimate of drug-likeness (QED) is 0.174. The number of likely N-dealkylation sites (tertiary alicyclic amines) is 1. The average molecular weight is 647 g/mol. The first-order chi connectivity index (χ1) is 21.3. The van der Waals surface area contributed by atoms with E-state index in [4.69, 9.17) is 31.2 Å². The maximum Gasteiger partial charge on any atom is 0.337 e. The molecule has 8 nitrogen and oxygen atoms in total. The third-order valence-electron chi connectivity index (χ3n) is 8.47. The van der Waals surface area contributed by atoms with Crippen molar-refractivity contribution in [3.63, 3.8) is 0 Å². The lowest BCUT2D eigenvalue weighted by atomic mass is 9.91. The molecule has 6 rings (SSSR count). The van der Waals surface area contributed by atoms with Gasteiger partial charge in [-0.25, -0.2) is 9.78 Å². The number of aryl methyl sites for hydroxylation is 2. The number of ether oxygens (including phenoxy) is 2. The molecule has 1 saturated heterocycles. The minimum atomic E-state index is -1.16. The van der Waals surface area contributed by atoms with Crippen LogP contribution in [0.15, 0.2) is 48.5 Å². The van der Waals surface area contributed by atoms with E-state index in [0.717, 1.165) is 67.2 Å². The van der Waals surface area contributed by atoms with Gasteiger partial charge >= 0.3 is 5.97 Å². The van der Waals surface area contributed by atoms with Gasteiger partial charge in [0.15, 0.2) is 6.10 Å². The van der Waals surface area contributed by atoms with Crippen LogP contribution in [-0.2, 0) is 21.3 Å². The van der Waals surface area contributed by atoms with E-state index in [1.165, 1.54) is 0 Å². The lowest BCUT2D eigenvalue weighted by Gasteiger charge is -2.42. The number of methoxy groups -OCH3 is 1. The largest absolute Gasteiger partial charge is 0.479 e. The van der Waals surface area contributed by atoms with E-state index < -0.39 is 17.7 Å². The molecule has 5 aromatic rings. The van der Waals surface area contributed by atoms with Gasteiger partial charge in [-0.15, -0.1) is 11.3 Å². The van der Waals surface area contributed by atoms with E-state index >= 15 is 0 Å². The predicted octanol–water partition coefficient (Wildman–Crippen LogP) is 7.85. The van der Waals surface area contributed by atoms with Crippen molar-refractivity contribution in [2.75, 3.05) is 26.8 Å². The van der Waals surface area contributed by atoms with Gasteiger partial charge in [0.1, 0.15) is 5.01 Å². The van der Waals surface area contributed by atoms with E-state index in [9.17, 15) is 9.90 Å². The van der Waals surface area contributed by atoms with Gasteiger partial charge in [0, 0.05) is 66.3 Å². The molecule has 0 amide bonds. The standard InChI is InChI=1S/C35H39ClN4O4S/c1-19-14-26-32(29(21-8-11-24(36)12-9-21)28(19)31(34(41)42)44-35(3,4)5)45-33(37-26)22-10-13-27-25(15-22)30(38-39(27)6)23-16-40(17-23)20(2)18-43-7/h8-15,20,23,31H,16-18H2,1-7H3,(H,41,42)/t20?,31-/m0/s1. The predicted molar refractivity (Wildman–Crippen MR) is 181 cm³/mol. The summed E-state index contributed by atoms with van der Waals surface area (Å²) in [6.07, 6.45) is -1.16. The van der Waals surface area contributed by atoms with Gasteiger partial charge < -0.3 is 14.6 Å². The van der Waals surface area contributed by atoms with E-state index in [2.05, 4.69) is 30.0 Å². The van der Waals surface area contributed by atoms with Crippen LogP contribution in [0.25, 0.3) is 42.8 Å². The normalized spacial score (nSPS) is 15.9. The zero-order valence-corrected chi connectivity index (χ0v) is 28.3. The molecule has 0 saturated carbocycles. The Morgan fingerprint density at radius 3 is 2.47 bits per heavy atom. The van der Waals surface area contributed by atoms with Gasteiger partial charge in [-0.3, -0.25) is 9.58 Å². The number of carboxylic acid groups (broad SMARTS) is 1. The number of aliphatic carboxylic acids is 1. The van der Waals surface area contributed by atoms with Crippen molar-refractivity contribution < 1.29 is 19.4 Å². The maximum atomic E-state index is 12.7. The van der Waals surface area contributed by atoms with Crippen molar-refractivity contribution in [2.45, 2.75) is 58.3 Å². The first kappa shape index (κ1) is 31.6. The van der Waals surface area contributed by atoms with Crippen LogP contribution in [0.2, 0.25) is 5.02 Å². The van der Waals surface area contributed by atoms with Crippen LogP contribution in [0.1, 0.15) is 56.5 Å². The highest BCUT2D eigenvalue weighted by Crippen LogP contribution is 2.45. The van der Waals surface area contributed by atoms with Gasteiger partial charge in [0.25, 0.3) is 0 Å². The first-order valence-corrected chi connectivity index (χ1v) is 16.3. The molecular weight excluding hydrogens is 608 g/mol. The number of thiazole rings is 1. The van der Waals surface area contributed by atoms with Crippen molar-refractivity contribution in [1.29, 1.82) is 0 Å². The Morgan fingerprint density at radius 2 is 1.82 bits per heavy atom. The summed E-state index contributed by atoms with van der Waals surface area (Å²) in [5.41, 5.74) is 6.46. The Bertz CT molecular complexity index is 1890. The van der Waals surface area contributed by atoms with Crippen LogP contribution >= 0.6 is 22.9 Å². The molecule has 0 bridgehead atoms. The Morgan fingerprint density at radius 1 is 1.13 bits per heavy atom. The second-order valence-corrected chi connectivity index (χ2v) is 14.4. The van der Waals surface area contributed by atoms with Gasteiger partial charge in [-0.05, 0) is 82.1 Å². The van der Waals surface area contributed by atoms with Crippen LogP contribution in [-0.4, -0.2) is 69.2 Å². The molecule has 1 fully saturated rings. The summed E-state index contributed by atoms with van der Waals surface area (Å²) in [7, 11) is 3.74. The minimum absolute atomic E-state index is 0.358. The van der Waals surface area contributed by atoms with Crippen LogP contribution in [0.4, 0.5) is 0 Å². The Labute approximate surface area is 272 Å². The zero-order valence-electron chi connectivity index (χ0n) is 26.7. The summed E-state index contributed by atoms with van der Waals surface area (Å²) in [4.78, 5) is 20.2. The summed E-state index contributed by atoms with van der Waals surface area (Å²) in [6, 6.07) is 16.3. The summed E-state index contributed by atoms with van der Waals surface area (Å²) >= 11 is 7.83. The zero-order chi connectivity index (χ0) is 32.2.